The maximum Gasteiger partial charge on any atom is 0.344 e. The maximum atomic E-state index is 12.3. The summed E-state index contributed by atoms with van der Waals surface area (Å²) in [7, 11) is 0. The first-order chi connectivity index (χ1) is 9.97. The Hall–Kier alpha value is -1.29. The zero-order valence-corrected chi connectivity index (χ0v) is 14.0. The van der Waals surface area contributed by atoms with E-state index in [1.807, 2.05) is 13.0 Å². The van der Waals surface area contributed by atoms with Gasteiger partial charge in [-0.25, -0.2) is 4.79 Å². The molecule has 0 N–H and O–H groups in total. The molecule has 0 aliphatic rings. The molecule has 0 amide bonds. The monoisotopic (exact) mass is 382 g/mol. The highest BCUT2D eigenvalue weighted by molar-refractivity contribution is 9.10. The first-order valence-corrected chi connectivity index (χ1v) is 7.70. The summed E-state index contributed by atoms with van der Waals surface area (Å²) in [5.41, 5.74) is 2.13. The van der Waals surface area contributed by atoms with E-state index in [0.717, 1.165) is 16.5 Å². The van der Waals surface area contributed by atoms with E-state index >= 15 is 0 Å². The van der Waals surface area contributed by atoms with Gasteiger partial charge < -0.3 is 4.42 Å². The van der Waals surface area contributed by atoms with Gasteiger partial charge in [0, 0.05) is 15.4 Å². The third-order valence-electron chi connectivity index (χ3n) is 3.30. The number of benzene rings is 2. The van der Waals surface area contributed by atoms with E-state index < -0.39 is 5.63 Å². The lowest BCUT2D eigenvalue weighted by atomic mass is 10.00. The average Bonchev–Trinajstić information content (AvgIpc) is 2.40. The summed E-state index contributed by atoms with van der Waals surface area (Å²) in [6.45, 7) is 1.87. The van der Waals surface area contributed by atoms with Crippen molar-refractivity contribution < 1.29 is 4.42 Å². The number of halogens is 3. The van der Waals surface area contributed by atoms with E-state index in [4.69, 9.17) is 27.6 Å². The average molecular weight is 384 g/mol. The summed E-state index contributed by atoms with van der Waals surface area (Å²) in [4.78, 5) is 12.3. The van der Waals surface area contributed by atoms with Gasteiger partial charge in [-0.3, -0.25) is 0 Å². The number of hydrogen-bond acceptors (Lipinski definition) is 2. The number of aryl methyl sites for hydroxylation is 1. The Morgan fingerprint density at radius 3 is 2.57 bits per heavy atom. The molecule has 5 heteroatoms. The van der Waals surface area contributed by atoms with Gasteiger partial charge in [-0.1, -0.05) is 35.3 Å². The minimum absolute atomic E-state index is 0.398. The second-order valence-electron chi connectivity index (χ2n) is 4.66. The standard InChI is InChI=1S/C16H9BrCl2O2/c1-8-12-6-11(19)7-13(17)15(12)21-16(20)14(8)9-3-2-4-10(18)5-9/h2-7H,1H3. The molecule has 0 aliphatic carbocycles. The summed E-state index contributed by atoms with van der Waals surface area (Å²) < 4.78 is 6.10. The molecule has 0 spiro atoms. The van der Waals surface area contributed by atoms with Crippen LogP contribution in [0.4, 0.5) is 0 Å². The zero-order valence-electron chi connectivity index (χ0n) is 10.9. The number of fused-ring (bicyclic) bond motifs is 1. The van der Waals surface area contributed by atoms with Crippen LogP contribution in [0.5, 0.6) is 0 Å². The Morgan fingerprint density at radius 2 is 1.86 bits per heavy atom. The molecule has 2 nitrogen and oxygen atoms in total. The van der Waals surface area contributed by atoms with Crippen LogP contribution < -0.4 is 5.63 Å². The maximum absolute atomic E-state index is 12.3. The molecule has 0 fully saturated rings. The lowest BCUT2D eigenvalue weighted by Gasteiger charge is -2.09. The normalized spacial score (nSPS) is 11.0. The largest absolute Gasteiger partial charge is 0.421 e. The van der Waals surface area contributed by atoms with Crippen LogP contribution in [0.2, 0.25) is 10.0 Å². The molecule has 0 bridgehead atoms. The lowest BCUT2D eigenvalue weighted by Crippen LogP contribution is -2.06. The predicted octanol–water partition coefficient (Wildman–Crippen LogP) is 5.84. The molecule has 1 heterocycles. The fraction of sp³-hybridized carbons (Fsp3) is 0.0625. The van der Waals surface area contributed by atoms with Crippen LogP contribution in [0.1, 0.15) is 5.56 Å². The highest BCUT2D eigenvalue weighted by atomic mass is 79.9. The Bertz CT molecular complexity index is 916. The van der Waals surface area contributed by atoms with Gasteiger partial charge in [-0.15, -0.1) is 0 Å². The Labute approximate surface area is 139 Å². The third kappa shape index (κ3) is 2.61. The molecule has 0 saturated heterocycles. The molecule has 1 aromatic heterocycles. The van der Waals surface area contributed by atoms with Gasteiger partial charge in [0.2, 0.25) is 0 Å². The van der Waals surface area contributed by atoms with Crippen LogP contribution >= 0.6 is 39.1 Å². The van der Waals surface area contributed by atoms with Crippen LogP contribution in [0, 0.1) is 6.92 Å². The van der Waals surface area contributed by atoms with E-state index in [1.54, 1.807) is 30.3 Å². The molecule has 2 aromatic carbocycles. The molecule has 3 aromatic rings. The van der Waals surface area contributed by atoms with Crippen molar-refractivity contribution >= 4 is 50.1 Å². The summed E-state index contributed by atoms with van der Waals surface area (Å²) in [6, 6.07) is 10.6. The SMILES string of the molecule is Cc1c(-c2cccc(Cl)c2)c(=O)oc2c(Br)cc(Cl)cc12. The Kier molecular flexibility index (Phi) is 3.82. The van der Waals surface area contributed by atoms with Gasteiger partial charge >= 0.3 is 5.63 Å². The van der Waals surface area contributed by atoms with Gasteiger partial charge in [0.25, 0.3) is 0 Å². The molecule has 106 valence electrons. The molecular formula is C16H9BrCl2O2. The van der Waals surface area contributed by atoms with Gasteiger partial charge in [0.1, 0.15) is 0 Å². The van der Waals surface area contributed by atoms with Gasteiger partial charge in [0.15, 0.2) is 5.58 Å². The summed E-state index contributed by atoms with van der Waals surface area (Å²) in [5.74, 6) is 0. The molecular weight excluding hydrogens is 375 g/mol. The second kappa shape index (κ2) is 5.48. The van der Waals surface area contributed by atoms with Crippen LogP contribution in [0.15, 0.2) is 50.1 Å². The number of hydrogen-bond donors (Lipinski definition) is 0. The van der Waals surface area contributed by atoms with Crippen LogP contribution in [0.3, 0.4) is 0 Å². The smallest absolute Gasteiger partial charge is 0.344 e. The summed E-state index contributed by atoms with van der Waals surface area (Å²) >= 11 is 15.5. The van der Waals surface area contributed by atoms with Crippen molar-refractivity contribution in [3.8, 4) is 11.1 Å². The third-order valence-corrected chi connectivity index (χ3v) is 4.34. The molecule has 0 unspecified atom stereocenters. The molecule has 21 heavy (non-hydrogen) atoms. The van der Waals surface area contributed by atoms with Crippen molar-refractivity contribution in [2.75, 3.05) is 0 Å². The Balaban J connectivity index is 2.42. The van der Waals surface area contributed by atoms with E-state index in [1.165, 1.54) is 0 Å². The van der Waals surface area contributed by atoms with Crippen LogP contribution in [-0.4, -0.2) is 0 Å². The van der Waals surface area contributed by atoms with Gasteiger partial charge in [-0.05, 0) is 58.2 Å². The van der Waals surface area contributed by atoms with E-state index in [0.29, 0.717) is 25.7 Å². The first-order valence-electron chi connectivity index (χ1n) is 6.16. The second-order valence-corrected chi connectivity index (χ2v) is 6.39. The summed E-state index contributed by atoms with van der Waals surface area (Å²) in [6.07, 6.45) is 0. The fourth-order valence-corrected chi connectivity index (χ4v) is 3.43. The molecule has 3 rings (SSSR count). The highest BCUT2D eigenvalue weighted by Gasteiger charge is 2.15. The molecule has 0 saturated carbocycles. The Morgan fingerprint density at radius 1 is 1.10 bits per heavy atom. The fourth-order valence-electron chi connectivity index (χ4n) is 2.35. The van der Waals surface area contributed by atoms with Crippen molar-refractivity contribution in [1.29, 1.82) is 0 Å². The predicted molar refractivity (Wildman–Crippen MR) is 90.4 cm³/mol. The highest BCUT2D eigenvalue weighted by Crippen LogP contribution is 2.33. The zero-order chi connectivity index (χ0) is 15.1. The molecule has 0 aliphatic heterocycles. The van der Waals surface area contributed by atoms with E-state index in [2.05, 4.69) is 15.9 Å². The topological polar surface area (TPSA) is 30.2 Å². The van der Waals surface area contributed by atoms with Crippen molar-refractivity contribution in [2.45, 2.75) is 6.92 Å². The quantitative estimate of drug-likeness (QED) is 0.494. The lowest BCUT2D eigenvalue weighted by molar-refractivity contribution is 0.561. The molecule has 0 radical (unpaired) electrons. The van der Waals surface area contributed by atoms with Crippen LogP contribution in [0.25, 0.3) is 22.1 Å². The molecule has 0 atom stereocenters. The van der Waals surface area contributed by atoms with E-state index in [9.17, 15) is 4.79 Å². The van der Waals surface area contributed by atoms with E-state index in [-0.39, 0.29) is 0 Å². The van der Waals surface area contributed by atoms with Crippen molar-refractivity contribution in [3.05, 3.63) is 66.9 Å². The van der Waals surface area contributed by atoms with Crippen molar-refractivity contribution in [2.24, 2.45) is 0 Å². The summed E-state index contributed by atoms with van der Waals surface area (Å²) in [5, 5.41) is 1.94. The first kappa shape index (κ1) is 14.6. The van der Waals surface area contributed by atoms with Crippen molar-refractivity contribution in [1.82, 2.24) is 0 Å². The van der Waals surface area contributed by atoms with Gasteiger partial charge in [0.05, 0.1) is 10.0 Å². The minimum atomic E-state index is -0.398. The van der Waals surface area contributed by atoms with Crippen LogP contribution in [-0.2, 0) is 0 Å². The van der Waals surface area contributed by atoms with Crippen molar-refractivity contribution in [3.63, 3.8) is 0 Å². The number of rotatable bonds is 1. The minimum Gasteiger partial charge on any atom is -0.421 e. The van der Waals surface area contributed by atoms with Gasteiger partial charge in [-0.2, -0.15) is 0 Å².